The second-order valence-corrected chi connectivity index (χ2v) is 6.01. The Morgan fingerprint density at radius 2 is 1.72 bits per heavy atom. The summed E-state index contributed by atoms with van der Waals surface area (Å²) in [4.78, 5) is 5.59. The van der Waals surface area contributed by atoms with Crippen LogP contribution in [0.15, 0.2) is 71.9 Å². The molecule has 0 aliphatic rings. The lowest BCUT2D eigenvalue weighted by molar-refractivity contribution is 0.141. The van der Waals surface area contributed by atoms with Crippen LogP contribution in [0.3, 0.4) is 0 Å². The summed E-state index contributed by atoms with van der Waals surface area (Å²) < 4.78 is 0. The molecule has 25 heavy (non-hydrogen) atoms. The van der Waals surface area contributed by atoms with Gasteiger partial charge in [-0.3, -0.25) is 0 Å². The monoisotopic (exact) mass is 333 g/mol. The summed E-state index contributed by atoms with van der Waals surface area (Å²) in [7, 11) is 0. The van der Waals surface area contributed by atoms with Crippen molar-refractivity contribution in [1.82, 2.24) is 0 Å². The molecule has 0 spiro atoms. The lowest BCUT2D eigenvalue weighted by Gasteiger charge is -2.11. The molecule has 0 aliphatic carbocycles. The van der Waals surface area contributed by atoms with Gasteiger partial charge < -0.3 is 9.94 Å². The van der Waals surface area contributed by atoms with Crippen LogP contribution in [0, 0.1) is 0 Å². The molecule has 0 saturated carbocycles. The van der Waals surface area contributed by atoms with Crippen molar-refractivity contribution in [3.05, 3.63) is 83.4 Å². The summed E-state index contributed by atoms with van der Waals surface area (Å²) in [6, 6.07) is 22.3. The van der Waals surface area contributed by atoms with Gasteiger partial charge in [0.15, 0.2) is 0 Å². The number of benzene rings is 3. The van der Waals surface area contributed by atoms with Crippen molar-refractivity contribution < 1.29 is 9.94 Å². The largest absolute Gasteiger partial charge is 0.395 e. The van der Waals surface area contributed by atoms with Crippen molar-refractivity contribution in [2.75, 3.05) is 6.61 Å². The quantitative estimate of drug-likeness (QED) is 0.379. The van der Waals surface area contributed by atoms with Gasteiger partial charge in [0.25, 0.3) is 0 Å². The maximum atomic E-state index is 9.27. The topological polar surface area (TPSA) is 41.8 Å². The summed E-state index contributed by atoms with van der Waals surface area (Å²) in [6.07, 6.45) is 2.06. The Labute approximate surface area is 148 Å². The van der Waals surface area contributed by atoms with Crippen molar-refractivity contribution in [1.29, 1.82) is 0 Å². The molecule has 0 fully saturated rings. The van der Waals surface area contributed by atoms with Crippen LogP contribution in [0.2, 0.25) is 0 Å². The maximum absolute atomic E-state index is 9.27. The summed E-state index contributed by atoms with van der Waals surface area (Å²) in [6.45, 7) is 2.78. The second-order valence-electron chi connectivity index (χ2n) is 6.01. The van der Waals surface area contributed by atoms with Gasteiger partial charge in [0.05, 0.1) is 6.61 Å². The molecule has 0 radical (unpaired) electrons. The molecule has 0 bridgehead atoms. The van der Waals surface area contributed by atoms with E-state index in [0.29, 0.717) is 6.61 Å². The standard InChI is InChI=1S/C22H23NO2/c1-2-3-15-25-23-22(19-13-11-17(16-24)12-14-19)21-10-6-8-18-7-4-5-9-20(18)21/h4-14,24H,2-3,15-16H2,1H3/b23-22+. The van der Waals surface area contributed by atoms with Crippen LogP contribution < -0.4 is 0 Å². The molecule has 3 aromatic rings. The average molecular weight is 333 g/mol. The van der Waals surface area contributed by atoms with Gasteiger partial charge in [-0.05, 0) is 22.8 Å². The number of hydrogen-bond donors (Lipinski definition) is 1. The molecule has 0 saturated heterocycles. The molecule has 3 rings (SSSR count). The van der Waals surface area contributed by atoms with Crippen LogP contribution >= 0.6 is 0 Å². The van der Waals surface area contributed by atoms with Gasteiger partial charge in [0, 0.05) is 11.1 Å². The Balaban J connectivity index is 2.06. The Hall–Kier alpha value is -2.65. The van der Waals surface area contributed by atoms with Crippen LogP contribution in [0.1, 0.15) is 36.5 Å². The smallest absolute Gasteiger partial charge is 0.117 e. The molecule has 1 N–H and O–H groups in total. The van der Waals surface area contributed by atoms with E-state index in [9.17, 15) is 5.11 Å². The first-order chi connectivity index (χ1) is 12.3. The number of rotatable bonds is 7. The molecule has 3 aromatic carbocycles. The molecule has 3 nitrogen and oxygen atoms in total. The predicted molar refractivity (Wildman–Crippen MR) is 103 cm³/mol. The Bertz CT molecular complexity index is 848. The Morgan fingerprint density at radius 3 is 2.48 bits per heavy atom. The molecular formula is C22H23NO2. The highest BCUT2D eigenvalue weighted by Crippen LogP contribution is 2.22. The zero-order valence-corrected chi connectivity index (χ0v) is 14.5. The van der Waals surface area contributed by atoms with Crippen molar-refractivity contribution in [3.63, 3.8) is 0 Å². The highest BCUT2D eigenvalue weighted by Gasteiger charge is 2.12. The lowest BCUT2D eigenvalue weighted by atomic mass is 9.96. The number of fused-ring (bicyclic) bond motifs is 1. The predicted octanol–water partition coefficient (Wildman–Crippen LogP) is 4.90. The minimum Gasteiger partial charge on any atom is -0.395 e. The van der Waals surface area contributed by atoms with Crippen LogP contribution in [-0.2, 0) is 11.4 Å². The molecule has 0 heterocycles. The van der Waals surface area contributed by atoms with Crippen molar-refractivity contribution >= 4 is 16.5 Å². The Morgan fingerprint density at radius 1 is 0.960 bits per heavy atom. The van der Waals surface area contributed by atoms with Crippen LogP contribution in [0.5, 0.6) is 0 Å². The van der Waals surface area contributed by atoms with Crippen LogP contribution in [-0.4, -0.2) is 17.4 Å². The van der Waals surface area contributed by atoms with E-state index in [2.05, 4.69) is 36.3 Å². The highest BCUT2D eigenvalue weighted by atomic mass is 16.6. The summed E-state index contributed by atoms with van der Waals surface area (Å²) in [5.41, 5.74) is 3.72. The van der Waals surface area contributed by atoms with E-state index in [1.807, 2.05) is 42.5 Å². The van der Waals surface area contributed by atoms with Gasteiger partial charge in [-0.1, -0.05) is 85.2 Å². The van der Waals surface area contributed by atoms with E-state index in [0.717, 1.165) is 40.6 Å². The zero-order chi connectivity index (χ0) is 17.5. The first-order valence-electron chi connectivity index (χ1n) is 8.71. The third-order valence-corrected chi connectivity index (χ3v) is 4.20. The number of unbranched alkanes of at least 4 members (excludes halogenated alkanes) is 1. The van der Waals surface area contributed by atoms with E-state index in [-0.39, 0.29) is 6.61 Å². The highest BCUT2D eigenvalue weighted by molar-refractivity contribution is 6.19. The van der Waals surface area contributed by atoms with E-state index < -0.39 is 0 Å². The maximum Gasteiger partial charge on any atom is 0.117 e. The van der Waals surface area contributed by atoms with E-state index in [1.54, 1.807) is 0 Å². The van der Waals surface area contributed by atoms with Gasteiger partial charge in [-0.15, -0.1) is 0 Å². The summed E-state index contributed by atoms with van der Waals surface area (Å²) in [5.74, 6) is 0. The molecule has 0 amide bonds. The lowest BCUT2D eigenvalue weighted by Crippen LogP contribution is -2.06. The molecule has 0 aliphatic heterocycles. The molecule has 128 valence electrons. The molecule has 0 unspecified atom stereocenters. The van der Waals surface area contributed by atoms with Crippen molar-refractivity contribution in [3.8, 4) is 0 Å². The summed E-state index contributed by atoms with van der Waals surface area (Å²) in [5, 5.41) is 16.1. The van der Waals surface area contributed by atoms with Gasteiger partial charge in [0.2, 0.25) is 0 Å². The number of nitrogens with zero attached hydrogens (tertiary/aromatic N) is 1. The molecule has 0 aromatic heterocycles. The third kappa shape index (κ3) is 4.06. The third-order valence-electron chi connectivity index (χ3n) is 4.20. The first-order valence-corrected chi connectivity index (χ1v) is 8.71. The summed E-state index contributed by atoms with van der Waals surface area (Å²) >= 11 is 0. The number of oxime groups is 1. The normalized spacial score (nSPS) is 11.7. The molecular weight excluding hydrogens is 310 g/mol. The van der Waals surface area contributed by atoms with Gasteiger partial charge in [-0.2, -0.15) is 0 Å². The van der Waals surface area contributed by atoms with E-state index in [4.69, 9.17) is 4.84 Å². The van der Waals surface area contributed by atoms with Crippen molar-refractivity contribution in [2.45, 2.75) is 26.4 Å². The fraction of sp³-hybridized carbons (Fsp3) is 0.227. The first kappa shape index (κ1) is 17.2. The zero-order valence-electron chi connectivity index (χ0n) is 14.5. The molecule has 3 heteroatoms. The minimum absolute atomic E-state index is 0.0357. The second kappa shape index (κ2) is 8.45. The van der Waals surface area contributed by atoms with Gasteiger partial charge >= 0.3 is 0 Å². The minimum atomic E-state index is 0.0357. The fourth-order valence-corrected chi connectivity index (χ4v) is 2.78. The van der Waals surface area contributed by atoms with Crippen molar-refractivity contribution in [2.24, 2.45) is 5.16 Å². The van der Waals surface area contributed by atoms with Crippen LogP contribution in [0.4, 0.5) is 0 Å². The van der Waals surface area contributed by atoms with Gasteiger partial charge in [-0.25, -0.2) is 0 Å². The number of aliphatic hydroxyl groups excluding tert-OH is 1. The molecule has 0 atom stereocenters. The van der Waals surface area contributed by atoms with E-state index >= 15 is 0 Å². The van der Waals surface area contributed by atoms with E-state index in [1.165, 1.54) is 5.39 Å². The average Bonchev–Trinajstić information content (AvgIpc) is 2.68. The number of aliphatic hydroxyl groups is 1. The fourth-order valence-electron chi connectivity index (χ4n) is 2.78. The van der Waals surface area contributed by atoms with Crippen LogP contribution in [0.25, 0.3) is 10.8 Å². The SMILES string of the molecule is CCCCO/N=C(\c1ccc(CO)cc1)c1cccc2ccccc12. The number of hydrogen-bond acceptors (Lipinski definition) is 3. The van der Waals surface area contributed by atoms with Gasteiger partial charge in [0.1, 0.15) is 12.3 Å². The Kier molecular flexibility index (Phi) is 5.81.